The lowest BCUT2D eigenvalue weighted by Gasteiger charge is -1.98. The molecule has 0 amide bonds. The van der Waals surface area contributed by atoms with Crippen molar-refractivity contribution >= 4 is 0 Å². The molecule has 0 aromatic carbocycles. The first-order valence-electron chi connectivity index (χ1n) is 9.10. The number of pyridine rings is 1. The van der Waals surface area contributed by atoms with Gasteiger partial charge >= 0.3 is 0 Å². The summed E-state index contributed by atoms with van der Waals surface area (Å²) < 4.78 is 22.3. The van der Waals surface area contributed by atoms with Crippen molar-refractivity contribution in [2.75, 3.05) is 0 Å². The van der Waals surface area contributed by atoms with Gasteiger partial charge in [-0.05, 0) is 31.4 Å². The highest BCUT2D eigenvalue weighted by atomic mass is 16.4. The summed E-state index contributed by atoms with van der Waals surface area (Å²) in [7, 11) is 0. The maximum absolute atomic E-state index is 5.62. The van der Waals surface area contributed by atoms with Gasteiger partial charge in [-0.2, -0.15) is 0 Å². The Kier molecular flexibility index (Phi) is 3.45. The van der Waals surface area contributed by atoms with Gasteiger partial charge in [0.05, 0.1) is 11.4 Å². The Morgan fingerprint density at radius 2 is 1.00 bits per heavy atom. The minimum Gasteiger partial charge on any atom is -0.443 e. The van der Waals surface area contributed by atoms with Crippen LogP contribution in [0.15, 0.2) is 60.9 Å². The molecule has 0 fully saturated rings. The predicted octanol–water partition coefficient (Wildman–Crippen LogP) is 4.19. The van der Waals surface area contributed by atoms with Gasteiger partial charge in [0.2, 0.25) is 23.6 Å². The molecule has 0 saturated carbocycles. The summed E-state index contributed by atoms with van der Waals surface area (Å²) in [5.74, 6) is 1.51. The van der Waals surface area contributed by atoms with E-state index in [1.54, 1.807) is 18.6 Å². The molecule has 5 aromatic heterocycles. The van der Waals surface area contributed by atoms with Crippen LogP contribution in [-0.2, 0) is 12.8 Å². The van der Waals surface area contributed by atoms with Crippen LogP contribution in [0.4, 0.5) is 0 Å². The molecule has 0 unspecified atom stereocenters. The largest absolute Gasteiger partial charge is 0.443 e. The second-order valence-corrected chi connectivity index (χ2v) is 6.63. The first kappa shape index (κ1) is 16.0. The zero-order valence-corrected chi connectivity index (χ0v) is 15.0. The second-order valence-electron chi connectivity index (χ2n) is 6.63. The summed E-state index contributed by atoms with van der Waals surface area (Å²) in [6.45, 7) is 0. The minimum atomic E-state index is 0.310. The molecule has 10 bridgehead atoms. The number of aromatic nitrogens is 5. The third kappa shape index (κ3) is 2.83. The lowest BCUT2D eigenvalue weighted by Crippen LogP contribution is -1.92. The van der Waals surface area contributed by atoms with Crippen molar-refractivity contribution in [3.05, 3.63) is 54.6 Å². The number of oxazole rings is 4. The van der Waals surface area contributed by atoms with E-state index < -0.39 is 0 Å². The fourth-order valence-electron chi connectivity index (χ4n) is 3.18. The highest BCUT2D eigenvalue weighted by Gasteiger charge is 2.19. The first-order valence-corrected chi connectivity index (χ1v) is 9.10. The first-order chi connectivity index (χ1) is 14.3. The van der Waals surface area contributed by atoms with E-state index in [0.29, 0.717) is 46.3 Å². The van der Waals surface area contributed by atoms with Gasteiger partial charge in [-0.15, -0.1) is 0 Å². The molecule has 1 aliphatic heterocycles. The Morgan fingerprint density at radius 1 is 0.517 bits per heavy atom. The topological polar surface area (TPSA) is 117 Å². The number of aryl methyl sites for hydroxylation is 2. The van der Waals surface area contributed by atoms with Gasteiger partial charge in [-0.3, -0.25) is 0 Å². The summed E-state index contributed by atoms with van der Waals surface area (Å²) in [5.41, 5.74) is 3.81. The highest BCUT2D eigenvalue weighted by Crippen LogP contribution is 2.28. The fourth-order valence-corrected chi connectivity index (χ4v) is 3.18. The van der Waals surface area contributed by atoms with Gasteiger partial charge in [0.15, 0.2) is 11.4 Å². The standard InChI is InChI=1S/C20H13N5O4/c1-3-11-7-26-17(21-11)13-5-2-6-14(23-13)18-24-16(10-28-18)20-25-15(9-29-20)19-22-12(4-1)8-27-19/h2,5-10H,1,3-4H2. The Labute approximate surface area is 163 Å². The van der Waals surface area contributed by atoms with Crippen molar-refractivity contribution < 1.29 is 17.7 Å². The van der Waals surface area contributed by atoms with E-state index in [-0.39, 0.29) is 0 Å². The van der Waals surface area contributed by atoms with Crippen LogP contribution in [0.2, 0.25) is 0 Å². The third-order valence-electron chi connectivity index (χ3n) is 4.60. The SMILES string of the molecule is c1cc2nc(c1)-c1nc(co1)-c1nc(co1)-c1nc(co1)CCCc1coc-2n1. The van der Waals surface area contributed by atoms with E-state index in [1.807, 2.05) is 12.1 Å². The molecular weight excluding hydrogens is 374 g/mol. The third-order valence-corrected chi connectivity index (χ3v) is 4.60. The lowest BCUT2D eigenvalue weighted by molar-refractivity contribution is 0.558. The summed E-state index contributed by atoms with van der Waals surface area (Å²) >= 11 is 0. The van der Waals surface area contributed by atoms with E-state index in [1.165, 1.54) is 12.5 Å². The monoisotopic (exact) mass is 387 g/mol. The number of fused-ring (bicyclic) bond motifs is 14. The van der Waals surface area contributed by atoms with Crippen LogP contribution in [0, 0.1) is 0 Å². The second kappa shape index (κ2) is 6.26. The van der Waals surface area contributed by atoms with E-state index in [0.717, 1.165) is 30.7 Å². The Bertz CT molecular complexity index is 1310. The number of hydrogen-bond donors (Lipinski definition) is 0. The molecule has 9 nitrogen and oxygen atoms in total. The van der Waals surface area contributed by atoms with Crippen LogP contribution < -0.4 is 0 Å². The highest BCUT2D eigenvalue weighted by molar-refractivity contribution is 5.59. The summed E-state index contributed by atoms with van der Waals surface area (Å²) in [4.78, 5) is 22.5. The smallest absolute Gasteiger partial charge is 0.249 e. The molecule has 0 spiro atoms. The molecule has 6 rings (SSSR count). The molecule has 9 heteroatoms. The van der Waals surface area contributed by atoms with E-state index in [4.69, 9.17) is 17.7 Å². The van der Waals surface area contributed by atoms with Crippen molar-refractivity contribution in [1.29, 1.82) is 0 Å². The Hall–Kier alpha value is -4.01. The van der Waals surface area contributed by atoms with Crippen molar-refractivity contribution in [3.63, 3.8) is 0 Å². The average Bonchev–Trinajstić information content (AvgIpc) is 3.53. The lowest BCUT2D eigenvalue weighted by atomic mass is 10.2. The van der Waals surface area contributed by atoms with Crippen LogP contribution in [0.1, 0.15) is 17.8 Å². The molecule has 0 N–H and O–H groups in total. The van der Waals surface area contributed by atoms with Crippen LogP contribution in [0.25, 0.3) is 46.3 Å². The molecule has 0 aliphatic carbocycles. The molecule has 0 radical (unpaired) electrons. The van der Waals surface area contributed by atoms with Crippen LogP contribution in [0.5, 0.6) is 0 Å². The zero-order valence-electron chi connectivity index (χ0n) is 15.0. The normalized spacial score (nSPS) is 13.1. The van der Waals surface area contributed by atoms with Gasteiger partial charge in [0, 0.05) is 0 Å². The number of hydrogen-bond acceptors (Lipinski definition) is 9. The van der Waals surface area contributed by atoms with Gasteiger partial charge in [-0.1, -0.05) is 6.07 Å². The quantitative estimate of drug-likeness (QED) is 0.385. The van der Waals surface area contributed by atoms with Crippen molar-refractivity contribution in [1.82, 2.24) is 24.9 Å². The molecule has 29 heavy (non-hydrogen) atoms. The van der Waals surface area contributed by atoms with Crippen molar-refractivity contribution in [2.45, 2.75) is 19.3 Å². The number of nitrogens with zero attached hydrogens (tertiary/aromatic N) is 5. The fraction of sp³-hybridized carbons (Fsp3) is 0.150. The van der Waals surface area contributed by atoms with Crippen LogP contribution in [0.3, 0.4) is 0 Å². The van der Waals surface area contributed by atoms with Gasteiger partial charge in [-0.25, -0.2) is 24.9 Å². The summed E-state index contributed by atoms with van der Waals surface area (Å²) in [6.07, 6.45) is 8.61. The maximum Gasteiger partial charge on any atom is 0.249 e. The maximum atomic E-state index is 5.62. The van der Waals surface area contributed by atoms with Crippen molar-refractivity contribution in [2.24, 2.45) is 0 Å². The zero-order chi connectivity index (χ0) is 19.2. The molecule has 142 valence electrons. The van der Waals surface area contributed by atoms with Crippen LogP contribution in [-0.4, -0.2) is 24.9 Å². The van der Waals surface area contributed by atoms with Gasteiger partial charge in [0.25, 0.3) is 0 Å². The van der Waals surface area contributed by atoms with E-state index >= 15 is 0 Å². The summed E-state index contributed by atoms with van der Waals surface area (Å²) in [6, 6.07) is 5.49. The molecule has 5 aromatic rings. The number of rotatable bonds is 0. The van der Waals surface area contributed by atoms with Crippen LogP contribution >= 0.6 is 0 Å². The predicted molar refractivity (Wildman–Crippen MR) is 98.3 cm³/mol. The average molecular weight is 387 g/mol. The van der Waals surface area contributed by atoms with E-state index in [2.05, 4.69) is 24.9 Å². The molecule has 0 atom stereocenters. The Morgan fingerprint density at radius 3 is 1.62 bits per heavy atom. The van der Waals surface area contributed by atoms with Crippen molar-refractivity contribution in [3.8, 4) is 46.3 Å². The molecule has 6 heterocycles. The molecule has 1 aliphatic rings. The molecular formula is C20H13N5O4. The summed E-state index contributed by atoms with van der Waals surface area (Å²) in [5, 5.41) is 0. The van der Waals surface area contributed by atoms with Gasteiger partial charge in [0.1, 0.15) is 36.4 Å². The minimum absolute atomic E-state index is 0.310. The molecule has 0 saturated heterocycles. The van der Waals surface area contributed by atoms with Gasteiger partial charge < -0.3 is 17.7 Å². The van der Waals surface area contributed by atoms with E-state index in [9.17, 15) is 0 Å². The Balaban J connectivity index is 1.47.